The van der Waals surface area contributed by atoms with Crippen molar-refractivity contribution in [2.24, 2.45) is 4.99 Å². The summed E-state index contributed by atoms with van der Waals surface area (Å²) < 4.78 is 56.1. The molecule has 2 aliphatic rings. The molecule has 0 saturated heterocycles. The second-order valence-electron chi connectivity index (χ2n) is 8.67. The minimum atomic E-state index is -4.39. The van der Waals surface area contributed by atoms with Gasteiger partial charge >= 0.3 is 6.18 Å². The van der Waals surface area contributed by atoms with Crippen LogP contribution in [-0.2, 0) is 24.1 Å². The molecule has 0 amide bonds. The van der Waals surface area contributed by atoms with Gasteiger partial charge in [0.15, 0.2) is 12.0 Å². The first kappa shape index (κ1) is 25.4. The van der Waals surface area contributed by atoms with E-state index in [1.165, 1.54) is 6.07 Å². The Hall–Kier alpha value is -2.66. The summed E-state index contributed by atoms with van der Waals surface area (Å²) in [4.78, 5) is 9.35. The van der Waals surface area contributed by atoms with Crippen LogP contribution < -0.4 is 0 Å². The van der Waals surface area contributed by atoms with Crippen molar-refractivity contribution in [1.82, 2.24) is 23.9 Å². The van der Waals surface area contributed by atoms with Crippen LogP contribution in [0.25, 0.3) is 0 Å². The van der Waals surface area contributed by atoms with Gasteiger partial charge in [-0.15, -0.1) is 0 Å². The number of benzene rings is 1. The Bertz CT molecular complexity index is 1090. The van der Waals surface area contributed by atoms with Crippen molar-refractivity contribution < 1.29 is 17.7 Å². The van der Waals surface area contributed by atoms with Gasteiger partial charge in [-0.2, -0.15) is 22.6 Å². The molecule has 0 fully saturated rings. The summed E-state index contributed by atoms with van der Waals surface area (Å²) in [5.74, 6) is 1.33. The Labute approximate surface area is 207 Å². The van der Waals surface area contributed by atoms with Crippen molar-refractivity contribution in [3.8, 4) is 0 Å². The fourth-order valence-corrected chi connectivity index (χ4v) is 5.62. The largest absolute Gasteiger partial charge is 0.593 e. The maximum absolute atomic E-state index is 13.3. The van der Waals surface area contributed by atoms with Crippen LogP contribution in [-0.4, -0.2) is 59.8 Å². The van der Waals surface area contributed by atoms with E-state index in [-0.39, 0.29) is 6.54 Å². The quantitative estimate of drug-likeness (QED) is 0.464. The maximum Gasteiger partial charge on any atom is 0.416 e. The van der Waals surface area contributed by atoms with Gasteiger partial charge in [-0.25, -0.2) is 4.99 Å². The molecule has 1 aromatic carbocycles. The Morgan fingerprint density at radius 3 is 2.66 bits per heavy atom. The molecule has 0 bridgehead atoms. The van der Waals surface area contributed by atoms with Crippen LogP contribution in [0.5, 0.6) is 0 Å². The molecule has 2 unspecified atom stereocenters. The van der Waals surface area contributed by atoms with E-state index in [4.69, 9.17) is 4.99 Å². The average molecular weight is 509 g/mol. The SMILES string of the molecule is CCCN1C=C2C(=NC(c3cnn(Cc4cccc(C(F)(F)F)c4)c3)N2[S+]([O-])CCC)N(CC)C1. The highest BCUT2D eigenvalue weighted by molar-refractivity contribution is 7.89. The molecule has 2 aromatic rings. The number of halogens is 3. The van der Waals surface area contributed by atoms with E-state index in [0.717, 1.165) is 61.8 Å². The number of likely N-dealkylation sites (N-methyl/N-ethyl adjacent to an activating group) is 1. The van der Waals surface area contributed by atoms with Gasteiger partial charge in [0.1, 0.15) is 11.4 Å². The summed E-state index contributed by atoms with van der Waals surface area (Å²) in [6, 6.07) is 5.25. The van der Waals surface area contributed by atoms with Crippen LogP contribution in [0.4, 0.5) is 13.2 Å². The molecular weight excluding hydrogens is 477 g/mol. The van der Waals surface area contributed by atoms with Crippen molar-refractivity contribution in [2.45, 2.75) is 52.5 Å². The summed E-state index contributed by atoms with van der Waals surface area (Å²) >= 11 is -1.29. The summed E-state index contributed by atoms with van der Waals surface area (Å²) in [7, 11) is 0. The van der Waals surface area contributed by atoms with E-state index in [9.17, 15) is 17.7 Å². The Balaban J connectivity index is 1.63. The molecule has 1 aromatic heterocycles. The predicted octanol–water partition coefficient (Wildman–Crippen LogP) is 4.58. The highest BCUT2D eigenvalue weighted by Crippen LogP contribution is 2.39. The summed E-state index contributed by atoms with van der Waals surface area (Å²) in [6.07, 6.45) is 2.36. The number of rotatable bonds is 9. The molecule has 0 spiro atoms. The Morgan fingerprint density at radius 2 is 1.97 bits per heavy atom. The lowest BCUT2D eigenvalue weighted by Gasteiger charge is -2.37. The van der Waals surface area contributed by atoms with Crippen molar-refractivity contribution >= 4 is 17.2 Å². The average Bonchev–Trinajstić information content (AvgIpc) is 3.43. The van der Waals surface area contributed by atoms with Crippen LogP contribution >= 0.6 is 0 Å². The molecule has 7 nitrogen and oxygen atoms in total. The van der Waals surface area contributed by atoms with E-state index in [1.807, 2.05) is 11.2 Å². The first-order valence-electron chi connectivity index (χ1n) is 11.9. The summed E-state index contributed by atoms with van der Waals surface area (Å²) in [5, 5.41) is 4.39. The lowest BCUT2D eigenvalue weighted by Crippen LogP contribution is -2.46. The molecule has 0 saturated carbocycles. The van der Waals surface area contributed by atoms with Crippen molar-refractivity contribution in [3.63, 3.8) is 0 Å². The maximum atomic E-state index is 13.3. The van der Waals surface area contributed by atoms with Gasteiger partial charge in [0, 0.05) is 31.0 Å². The number of hydrogen-bond acceptors (Lipinski definition) is 6. The summed E-state index contributed by atoms with van der Waals surface area (Å²) in [6.45, 7) is 8.77. The molecule has 11 heteroatoms. The number of aromatic nitrogens is 2. The molecule has 2 atom stereocenters. The third-order valence-corrected chi connectivity index (χ3v) is 7.52. The van der Waals surface area contributed by atoms with Crippen molar-refractivity contribution in [1.29, 1.82) is 0 Å². The van der Waals surface area contributed by atoms with Gasteiger partial charge in [0.25, 0.3) is 0 Å². The number of amidine groups is 1. The second-order valence-corrected chi connectivity index (χ2v) is 10.1. The lowest BCUT2D eigenvalue weighted by molar-refractivity contribution is -0.137. The Morgan fingerprint density at radius 1 is 1.17 bits per heavy atom. The third-order valence-electron chi connectivity index (χ3n) is 5.93. The van der Waals surface area contributed by atoms with E-state index in [2.05, 4.69) is 34.9 Å². The predicted molar refractivity (Wildman–Crippen MR) is 130 cm³/mol. The molecule has 0 aliphatic carbocycles. The normalized spacial score (nSPS) is 19.1. The van der Waals surface area contributed by atoms with E-state index in [0.29, 0.717) is 11.3 Å². The monoisotopic (exact) mass is 508 g/mol. The fraction of sp³-hybridized carbons (Fsp3) is 0.500. The van der Waals surface area contributed by atoms with Gasteiger partial charge in [-0.05, 0) is 37.5 Å². The van der Waals surface area contributed by atoms with Crippen LogP contribution in [0.1, 0.15) is 56.5 Å². The van der Waals surface area contributed by atoms with Gasteiger partial charge in [0.2, 0.25) is 0 Å². The fourth-order valence-electron chi connectivity index (χ4n) is 4.33. The second kappa shape index (κ2) is 10.5. The molecular formula is C24H31F3N6OS. The molecule has 0 radical (unpaired) electrons. The van der Waals surface area contributed by atoms with Crippen molar-refractivity contribution in [2.75, 3.05) is 25.5 Å². The number of nitrogens with zero attached hydrogens (tertiary/aromatic N) is 6. The van der Waals surface area contributed by atoms with Gasteiger partial charge in [0.05, 0.1) is 36.3 Å². The van der Waals surface area contributed by atoms with E-state index in [1.54, 1.807) is 23.1 Å². The lowest BCUT2D eigenvalue weighted by atomic mass is 10.1. The van der Waals surface area contributed by atoms with Gasteiger partial charge in [-0.1, -0.05) is 26.0 Å². The molecule has 3 heterocycles. The van der Waals surface area contributed by atoms with Crippen LogP contribution in [0.15, 0.2) is 53.5 Å². The molecule has 190 valence electrons. The number of alkyl halides is 3. The zero-order valence-corrected chi connectivity index (χ0v) is 21.0. The zero-order valence-electron chi connectivity index (χ0n) is 20.2. The van der Waals surface area contributed by atoms with Crippen LogP contribution in [0, 0.1) is 0 Å². The Kier molecular flexibility index (Phi) is 7.65. The molecule has 4 rings (SSSR count). The minimum absolute atomic E-state index is 0.194. The smallest absolute Gasteiger partial charge is 0.416 e. The first-order valence-corrected chi connectivity index (χ1v) is 13.2. The zero-order chi connectivity index (χ0) is 25.2. The number of aliphatic imine (C=N–C) groups is 1. The summed E-state index contributed by atoms with van der Waals surface area (Å²) in [5.41, 5.74) is 1.41. The molecule has 35 heavy (non-hydrogen) atoms. The number of hydrogen-bond donors (Lipinski definition) is 0. The van der Waals surface area contributed by atoms with E-state index < -0.39 is 29.3 Å². The first-order chi connectivity index (χ1) is 16.7. The molecule has 0 N–H and O–H groups in total. The van der Waals surface area contributed by atoms with Gasteiger partial charge < -0.3 is 14.4 Å². The molecule has 2 aliphatic heterocycles. The van der Waals surface area contributed by atoms with Crippen LogP contribution in [0.3, 0.4) is 0 Å². The highest BCUT2D eigenvalue weighted by Gasteiger charge is 2.44. The minimum Gasteiger partial charge on any atom is -0.593 e. The highest BCUT2D eigenvalue weighted by atomic mass is 32.2. The standard InChI is InChI=1S/C24H31F3N6OS/c1-4-10-30-16-21-23(31(6-3)17-30)29-22(33(21)35(34)11-5-2)19-13-28-32(15-19)14-18-8-7-9-20(12-18)24(25,26)27/h7-9,12-13,15-16,22H,4-6,10-11,14,17H2,1-3H3. The van der Waals surface area contributed by atoms with Crippen LogP contribution in [0.2, 0.25) is 0 Å². The van der Waals surface area contributed by atoms with Crippen molar-refractivity contribution in [3.05, 3.63) is 65.2 Å². The van der Waals surface area contributed by atoms with E-state index >= 15 is 0 Å². The third kappa shape index (κ3) is 5.45. The topological polar surface area (TPSA) is 63.0 Å². The number of fused-ring (bicyclic) bond motifs is 1. The van der Waals surface area contributed by atoms with Gasteiger partial charge in [-0.3, -0.25) is 4.68 Å².